The van der Waals surface area contributed by atoms with Crippen molar-refractivity contribution in [1.29, 1.82) is 0 Å². The summed E-state index contributed by atoms with van der Waals surface area (Å²) in [5.74, 6) is -0.652. The molecule has 0 aliphatic heterocycles. The lowest BCUT2D eigenvalue weighted by atomic mass is 9.65. The fourth-order valence-corrected chi connectivity index (χ4v) is 2.24. The summed E-state index contributed by atoms with van der Waals surface area (Å²) >= 11 is 0. The average Bonchev–Trinajstić information content (AvgIpc) is 2.25. The number of unbranched alkanes of at least 4 members (excludes halogenated alkanes) is 6. The van der Waals surface area contributed by atoms with Crippen molar-refractivity contribution in [3.63, 3.8) is 0 Å². The summed E-state index contributed by atoms with van der Waals surface area (Å²) in [6.45, 7) is 10.2. The monoisotopic (exact) mass is 256 g/mol. The minimum Gasteiger partial charge on any atom is -0.481 e. The molecule has 108 valence electrons. The number of rotatable bonds is 9. The third-order valence-electron chi connectivity index (χ3n) is 4.41. The van der Waals surface area contributed by atoms with Crippen molar-refractivity contribution < 1.29 is 9.90 Å². The molecule has 0 aromatic carbocycles. The highest BCUT2D eigenvalue weighted by Gasteiger charge is 2.43. The van der Waals surface area contributed by atoms with Gasteiger partial charge in [-0.3, -0.25) is 4.79 Å². The molecule has 0 aliphatic carbocycles. The molecular formula is C16H32O2. The van der Waals surface area contributed by atoms with Crippen molar-refractivity contribution in [3.8, 4) is 0 Å². The number of hydrogen-bond donors (Lipinski definition) is 1. The van der Waals surface area contributed by atoms with Crippen LogP contribution in [0.3, 0.4) is 0 Å². The molecular weight excluding hydrogens is 224 g/mol. The Hall–Kier alpha value is -0.530. The standard InChI is InChI=1S/C16H32O2/c1-6-7-8-9-10-11-12-13-16(5,14(17)18)15(2,3)4/h6-13H2,1-5H3,(H,17,18). The van der Waals surface area contributed by atoms with Crippen molar-refractivity contribution in [2.45, 2.75) is 86.0 Å². The number of aliphatic carboxylic acids is 1. The summed E-state index contributed by atoms with van der Waals surface area (Å²) in [4.78, 5) is 11.5. The topological polar surface area (TPSA) is 37.3 Å². The Labute approximate surface area is 113 Å². The van der Waals surface area contributed by atoms with Gasteiger partial charge in [0.25, 0.3) is 0 Å². The Bertz CT molecular complexity index is 240. The smallest absolute Gasteiger partial charge is 0.309 e. The molecule has 2 nitrogen and oxygen atoms in total. The third-order valence-corrected chi connectivity index (χ3v) is 4.41. The maximum Gasteiger partial charge on any atom is 0.309 e. The van der Waals surface area contributed by atoms with E-state index in [1.807, 2.05) is 27.7 Å². The first-order valence-corrected chi connectivity index (χ1v) is 7.49. The molecule has 0 aliphatic rings. The van der Waals surface area contributed by atoms with Crippen LogP contribution >= 0.6 is 0 Å². The van der Waals surface area contributed by atoms with E-state index in [0.29, 0.717) is 0 Å². The van der Waals surface area contributed by atoms with Gasteiger partial charge in [-0.25, -0.2) is 0 Å². The molecule has 0 aromatic rings. The third kappa shape index (κ3) is 5.41. The molecule has 18 heavy (non-hydrogen) atoms. The SMILES string of the molecule is CCCCCCCCCC(C)(C(=O)O)C(C)(C)C. The van der Waals surface area contributed by atoms with Crippen LogP contribution in [0.5, 0.6) is 0 Å². The highest BCUT2D eigenvalue weighted by atomic mass is 16.4. The predicted molar refractivity (Wildman–Crippen MR) is 77.8 cm³/mol. The van der Waals surface area contributed by atoms with Crippen LogP contribution in [0.15, 0.2) is 0 Å². The second-order valence-electron chi connectivity index (χ2n) is 6.76. The lowest BCUT2D eigenvalue weighted by molar-refractivity contribution is -0.155. The molecule has 0 aromatic heterocycles. The molecule has 0 heterocycles. The van der Waals surface area contributed by atoms with Gasteiger partial charge < -0.3 is 5.11 Å². The molecule has 0 spiro atoms. The minimum atomic E-state index is -0.652. The van der Waals surface area contributed by atoms with E-state index in [4.69, 9.17) is 0 Å². The van der Waals surface area contributed by atoms with E-state index in [2.05, 4.69) is 6.92 Å². The Balaban J connectivity index is 3.97. The molecule has 0 bridgehead atoms. The Morgan fingerprint density at radius 1 is 0.889 bits per heavy atom. The fraction of sp³-hybridized carbons (Fsp3) is 0.938. The highest BCUT2D eigenvalue weighted by Crippen LogP contribution is 2.42. The molecule has 0 saturated heterocycles. The number of carbonyl (C=O) groups is 1. The van der Waals surface area contributed by atoms with Crippen LogP contribution in [0.4, 0.5) is 0 Å². The van der Waals surface area contributed by atoms with Crippen molar-refractivity contribution in [3.05, 3.63) is 0 Å². The van der Waals surface area contributed by atoms with E-state index in [-0.39, 0.29) is 5.41 Å². The molecule has 0 fully saturated rings. The van der Waals surface area contributed by atoms with Gasteiger partial charge in [0.2, 0.25) is 0 Å². The van der Waals surface area contributed by atoms with Crippen molar-refractivity contribution in [2.75, 3.05) is 0 Å². The summed E-state index contributed by atoms with van der Waals surface area (Å²) in [6.07, 6.45) is 9.48. The van der Waals surface area contributed by atoms with Crippen molar-refractivity contribution in [1.82, 2.24) is 0 Å². The zero-order valence-corrected chi connectivity index (χ0v) is 13.0. The van der Waals surface area contributed by atoms with Crippen LogP contribution < -0.4 is 0 Å². The first-order chi connectivity index (χ1) is 8.25. The van der Waals surface area contributed by atoms with Crippen LogP contribution in [0.1, 0.15) is 86.0 Å². The Morgan fingerprint density at radius 3 is 1.72 bits per heavy atom. The van der Waals surface area contributed by atoms with Crippen LogP contribution in [-0.4, -0.2) is 11.1 Å². The van der Waals surface area contributed by atoms with Crippen LogP contribution in [-0.2, 0) is 4.79 Å². The molecule has 0 rings (SSSR count). The molecule has 1 unspecified atom stereocenters. The maximum absolute atomic E-state index is 11.5. The molecule has 1 N–H and O–H groups in total. The van der Waals surface area contributed by atoms with E-state index in [9.17, 15) is 9.90 Å². The fourth-order valence-electron chi connectivity index (χ4n) is 2.24. The molecule has 0 amide bonds. The number of carboxylic acid groups (broad SMARTS) is 1. The van der Waals surface area contributed by atoms with Gasteiger partial charge in [0, 0.05) is 0 Å². The average molecular weight is 256 g/mol. The summed E-state index contributed by atoms with van der Waals surface area (Å²) in [5.41, 5.74) is -0.780. The largest absolute Gasteiger partial charge is 0.481 e. The van der Waals surface area contributed by atoms with Crippen LogP contribution in [0, 0.1) is 10.8 Å². The van der Waals surface area contributed by atoms with E-state index in [1.54, 1.807) is 0 Å². The van der Waals surface area contributed by atoms with Gasteiger partial charge in [0.05, 0.1) is 5.41 Å². The van der Waals surface area contributed by atoms with Gasteiger partial charge in [0.1, 0.15) is 0 Å². The Morgan fingerprint density at radius 2 is 1.33 bits per heavy atom. The van der Waals surface area contributed by atoms with E-state index >= 15 is 0 Å². The number of hydrogen-bond acceptors (Lipinski definition) is 1. The Kier molecular flexibility index (Phi) is 7.58. The maximum atomic E-state index is 11.5. The van der Waals surface area contributed by atoms with Gasteiger partial charge in [-0.1, -0.05) is 72.6 Å². The first kappa shape index (κ1) is 17.5. The predicted octanol–water partition coefficient (Wildman–Crippen LogP) is 5.26. The lowest BCUT2D eigenvalue weighted by Crippen LogP contribution is -2.40. The summed E-state index contributed by atoms with van der Waals surface area (Å²) in [5, 5.41) is 9.44. The van der Waals surface area contributed by atoms with E-state index in [1.165, 1.54) is 38.5 Å². The van der Waals surface area contributed by atoms with Crippen LogP contribution in [0.25, 0.3) is 0 Å². The van der Waals surface area contributed by atoms with Crippen molar-refractivity contribution >= 4 is 5.97 Å². The summed E-state index contributed by atoms with van der Waals surface area (Å²) in [6, 6.07) is 0. The van der Waals surface area contributed by atoms with Gasteiger partial charge in [-0.2, -0.15) is 0 Å². The van der Waals surface area contributed by atoms with Gasteiger partial charge in [0.15, 0.2) is 0 Å². The molecule has 2 heteroatoms. The van der Waals surface area contributed by atoms with E-state index in [0.717, 1.165) is 12.8 Å². The lowest BCUT2D eigenvalue weighted by Gasteiger charge is -2.38. The summed E-state index contributed by atoms with van der Waals surface area (Å²) in [7, 11) is 0. The van der Waals surface area contributed by atoms with E-state index < -0.39 is 11.4 Å². The molecule has 0 radical (unpaired) electrons. The van der Waals surface area contributed by atoms with Gasteiger partial charge in [-0.05, 0) is 18.8 Å². The highest BCUT2D eigenvalue weighted by molar-refractivity contribution is 5.75. The van der Waals surface area contributed by atoms with Crippen LogP contribution in [0.2, 0.25) is 0 Å². The second-order valence-corrected chi connectivity index (χ2v) is 6.76. The van der Waals surface area contributed by atoms with Crippen molar-refractivity contribution in [2.24, 2.45) is 10.8 Å². The first-order valence-electron chi connectivity index (χ1n) is 7.49. The summed E-state index contributed by atoms with van der Waals surface area (Å²) < 4.78 is 0. The normalized spacial score (nSPS) is 15.4. The molecule has 0 saturated carbocycles. The van der Waals surface area contributed by atoms with Gasteiger partial charge in [-0.15, -0.1) is 0 Å². The quantitative estimate of drug-likeness (QED) is 0.571. The second kappa shape index (κ2) is 7.81. The minimum absolute atomic E-state index is 0.180. The molecule has 1 atom stereocenters. The zero-order chi connectivity index (χ0) is 14.2. The zero-order valence-electron chi connectivity index (χ0n) is 13.0. The number of carboxylic acids is 1. The van der Waals surface area contributed by atoms with Gasteiger partial charge >= 0.3 is 5.97 Å².